The molecule has 1 heterocycles. The number of anilines is 1. The van der Waals surface area contributed by atoms with Gasteiger partial charge in [-0.25, -0.2) is 9.37 Å². The van der Waals surface area contributed by atoms with Gasteiger partial charge >= 0.3 is 0 Å². The molecule has 5 heteroatoms. The Balaban J connectivity index is 1.99. The molecular weight excluding hydrogens is 253 g/mol. The molecule has 0 spiro atoms. The van der Waals surface area contributed by atoms with Gasteiger partial charge in [0.15, 0.2) is 11.6 Å². The van der Waals surface area contributed by atoms with Gasteiger partial charge < -0.3 is 11.1 Å². The van der Waals surface area contributed by atoms with Crippen molar-refractivity contribution in [2.45, 2.75) is 6.04 Å². The topological polar surface area (TPSA) is 50.9 Å². The average molecular weight is 266 g/mol. The highest BCUT2D eigenvalue weighted by Gasteiger charge is 2.08. The molecule has 94 valence electrons. The van der Waals surface area contributed by atoms with Crippen LogP contribution in [0.3, 0.4) is 0 Å². The Morgan fingerprint density at radius 3 is 2.72 bits per heavy atom. The van der Waals surface area contributed by atoms with Gasteiger partial charge in [0.25, 0.3) is 0 Å². The number of halogens is 2. The van der Waals surface area contributed by atoms with Crippen LogP contribution in [0.1, 0.15) is 11.6 Å². The van der Waals surface area contributed by atoms with Crippen LogP contribution in [0.5, 0.6) is 0 Å². The molecule has 0 saturated carbocycles. The molecule has 0 aliphatic rings. The first-order chi connectivity index (χ1) is 8.66. The van der Waals surface area contributed by atoms with E-state index in [-0.39, 0.29) is 16.9 Å². The molecule has 1 unspecified atom stereocenters. The molecule has 1 aromatic carbocycles. The first-order valence-corrected chi connectivity index (χ1v) is 5.90. The lowest BCUT2D eigenvalue weighted by Crippen LogP contribution is -2.21. The molecule has 3 N–H and O–H groups in total. The Morgan fingerprint density at radius 1 is 1.33 bits per heavy atom. The van der Waals surface area contributed by atoms with E-state index in [0.29, 0.717) is 6.54 Å². The molecule has 0 amide bonds. The number of nitrogens with two attached hydrogens (primary N) is 1. The second-order valence-corrected chi connectivity index (χ2v) is 4.32. The largest absolute Gasteiger partial charge is 0.366 e. The second kappa shape index (κ2) is 5.80. The van der Waals surface area contributed by atoms with E-state index in [1.165, 1.54) is 12.3 Å². The summed E-state index contributed by atoms with van der Waals surface area (Å²) in [5, 5.41) is 3.14. The maximum Gasteiger partial charge on any atom is 0.166 e. The molecule has 3 nitrogen and oxygen atoms in total. The number of benzene rings is 1. The van der Waals surface area contributed by atoms with E-state index in [1.54, 1.807) is 0 Å². The van der Waals surface area contributed by atoms with Gasteiger partial charge in [-0.3, -0.25) is 0 Å². The number of pyridine rings is 1. The van der Waals surface area contributed by atoms with E-state index in [1.807, 2.05) is 30.3 Å². The zero-order valence-corrected chi connectivity index (χ0v) is 10.4. The first kappa shape index (κ1) is 12.8. The molecule has 0 aliphatic heterocycles. The van der Waals surface area contributed by atoms with Crippen LogP contribution in [-0.2, 0) is 0 Å². The Bertz CT molecular complexity index is 519. The maximum absolute atomic E-state index is 13.5. The third-order valence-corrected chi connectivity index (χ3v) is 2.73. The highest BCUT2D eigenvalue weighted by molar-refractivity contribution is 6.30. The van der Waals surface area contributed by atoms with Crippen LogP contribution in [-0.4, -0.2) is 11.5 Å². The predicted molar refractivity (Wildman–Crippen MR) is 71.1 cm³/mol. The number of aromatic nitrogens is 1. The van der Waals surface area contributed by atoms with Crippen LogP contribution in [0, 0.1) is 5.82 Å². The van der Waals surface area contributed by atoms with Gasteiger partial charge in [-0.15, -0.1) is 0 Å². The molecule has 0 saturated heterocycles. The molecule has 0 radical (unpaired) electrons. The number of hydrogen-bond acceptors (Lipinski definition) is 3. The van der Waals surface area contributed by atoms with E-state index in [4.69, 9.17) is 17.3 Å². The van der Waals surface area contributed by atoms with Crippen LogP contribution >= 0.6 is 11.6 Å². The summed E-state index contributed by atoms with van der Waals surface area (Å²) in [6, 6.07) is 10.6. The van der Waals surface area contributed by atoms with Gasteiger partial charge in [0.1, 0.15) is 0 Å². The Labute approximate surface area is 110 Å². The van der Waals surface area contributed by atoms with Crippen molar-refractivity contribution in [2.24, 2.45) is 5.73 Å². The summed E-state index contributed by atoms with van der Waals surface area (Å²) in [5.41, 5.74) is 6.97. The molecule has 2 rings (SSSR count). The number of hydrogen-bond donors (Lipinski definition) is 2. The SMILES string of the molecule is NC(CNc1ncc(Cl)cc1F)c1ccccc1. The van der Waals surface area contributed by atoms with Crippen molar-refractivity contribution in [1.29, 1.82) is 0 Å². The molecule has 0 fully saturated rings. The molecular formula is C13H13ClFN3. The maximum atomic E-state index is 13.5. The van der Waals surface area contributed by atoms with Gasteiger partial charge in [0, 0.05) is 18.8 Å². The van der Waals surface area contributed by atoms with Gasteiger partial charge in [0.05, 0.1) is 5.02 Å². The minimum Gasteiger partial charge on any atom is -0.366 e. The van der Waals surface area contributed by atoms with E-state index in [2.05, 4.69) is 10.3 Å². The minimum atomic E-state index is -0.484. The van der Waals surface area contributed by atoms with Crippen LogP contribution in [0.4, 0.5) is 10.2 Å². The van der Waals surface area contributed by atoms with Crippen LogP contribution < -0.4 is 11.1 Å². The van der Waals surface area contributed by atoms with Gasteiger partial charge in [-0.2, -0.15) is 0 Å². The predicted octanol–water partition coefficient (Wildman–Crippen LogP) is 2.99. The summed E-state index contributed by atoms with van der Waals surface area (Å²) in [6.45, 7) is 0.398. The van der Waals surface area contributed by atoms with Crippen molar-refractivity contribution in [3.8, 4) is 0 Å². The lowest BCUT2D eigenvalue weighted by atomic mass is 10.1. The highest BCUT2D eigenvalue weighted by Crippen LogP contribution is 2.16. The fourth-order valence-corrected chi connectivity index (χ4v) is 1.71. The summed E-state index contributed by atoms with van der Waals surface area (Å²) in [7, 11) is 0. The summed E-state index contributed by atoms with van der Waals surface area (Å²) in [4.78, 5) is 3.87. The smallest absolute Gasteiger partial charge is 0.166 e. The molecule has 1 atom stereocenters. The van der Waals surface area contributed by atoms with Crippen LogP contribution in [0.15, 0.2) is 42.6 Å². The van der Waals surface area contributed by atoms with Crippen molar-refractivity contribution in [3.63, 3.8) is 0 Å². The molecule has 0 aliphatic carbocycles. The average Bonchev–Trinajstić information content (AvgIpc) is 2.38. The van der Waals surface area contributed by atoms with E-state index in [0.717, 1.165) is 5.56 Å². The zero-order valence-electron chi connectivity index (χ0n) is 9.61. The Hall–Kier alpha value is -1.65. The standard InChI is InChI=1S/C13H13ClFN3/c14-10-6-11(15)13(17-7-10)18-8-12(16)9-4-2-1-3-5-9/h1-7,12H,8,16H2,(H,17,18). The monoisotopic (exact) mass is 265 g/mol. The molecule has 0 bridgehead atoms. The third-order valence-electron chi connectivity index (χ3n) is 2.52. The summed E-state index contributed by atoms with van der Waals surface area (Å²) in [6.07, 6.45) is 1.39. The van der Waals surface area contributed by atoms with Gasteiger partial charge in [0.2, 0.25) is 0 Å². The van der Waals surface area contributed by atoms with Crippen molar-refractivity contribution >= 4 is 17.4 Å². The number of rotatable bonds is 4. The van der Waals surface area contributed by atoms with E-state index in [9.17, 15) is 4.39 Å². The van der Waals surface area contributed by atoms with E-state index < -0.39 is 5.82 Å². The fourth-order valence-electron chi connectivity index (χ4n) is 1.57. The quantitative estimate of drug-likeness (QED) is 0.894. The Kier molecular flexibility index (Phi) is 4.12. The fraction of sp³-hybridized carbons (Fsp3) is 0.154. The lowest BCUT2D eigenvalue weighted by molar-refractivity contribution is 0.622. The highest BCUT2D eigenvalue weighted by atomic mass is 35.5. The molecule has 1 aromatic heterocycles. The van der Waals surface area contributed by atoms with Crippen molar-refractivity contribution in [1.82, 2.24) is 4.98 Å². The number of nitrogens with one attached hydrogen (secondary N) is 1. The molecule has 18 heavy (non-hydrogen) atoms. The Morgan fingerprint density at radius 2 is 2.06 bits per heavy atom. The van der Waals surface area contributed by atoms with E-state index >= 15 is 0 Å². The van der Waals surface area contributed by atoms with Crippen molar-refractivity contribution in [3.05, 3.63) is 59.0 Å². The summed E-state index contributed by atoms with van der Waals surface area (Å²) >= 11 is 5.62. The van der Waals surface area contributed by atoms with Crippen molar-refractivity contribution in [2.75, 3.05) is 11.9 Å². The normalized spacial score (nSPS) is 12.2. The first-order valence-electron chi connectivity index (χ1n) is 5.52. The molecule has 2 aromatic rings. The number of nitrogens with zero attached hydrogens (tertiary/aromatic N) is 1. The van der Waals surface area contributed by atoms with Crippen LogP contribution in [0.25, 0.3) is 0 Å². The summed E-state index contributed by atoms with van der Waals surface area (Å²) < 4.78 is 13.5. The van der Waals surface area contributed by atoms with Gasteiger partial charge in [-0.1, -0.05) is 41.9 Å². The van der Waals surface area contributed by atoms with Crippen LogP contribution in [0.2, 0.25) is 5.02 Å². The minimum absolute atomic E-state index is 0.158. The van der Waals surface area contributed by atoms with Gasteiger partial charge in [-0.05, 0) is 11.6 Å². The zero-order chi connectivity index (χ0) is 13.0. The third kappa shape index (κ3) is 3.18. The second-order valence-electron chi connectivity index (χ2n) is 3.88. The summed E-state index contributed by atoms with van der Waals surface area (Å²) in [5.74, 6) is -0.325. The lowest BCUT2D eigenvalue weighted by Gasteiger charge is -2.13. The van der Waals surface area contributed by atoms with Crippen molar-refractivity contribution < 1.29 is 4.39 Å².